The highest BCUT2D eigenvalue weighted by Gasteiger charge is 2.12. The summed E-state index contributed by atoms with van der Waals surface area (Å²) in [5, 5.41) is 8.99. The van der Waals surface area contributed by atoms with E-state index in [1.165, 1.54) is 0 Å². The fourth-order valence-electron chi connectivity index (χ4n) is 2.85. The molecule has 4 heteroatoms. The zero-order valence-electron chi connectivity index (χ0n) is 13.4. The Morgan fingerprint density at radius 1 is 0.840 bits per heavy atom. The molecule has 0 amide bonds. The second kappa shape index (κ2) is 6.42. The van der Waals surface area contributed by atoms with Crippen LogP contribution in [0.4, 0.5) is 0 Å². The van der Waals surface area contributed by atoms with Crippen molar-refractivity contribution in [3.05, 3.63) is 91.0 Å². The van der Waals surface area contributed by atoms with Crippen molar-refractivity contribution in [3.8, 4) is 34.3 Å². The standard InChI is InChI=1S/C21H14N4/c22-14-16-6-8-17(9-7-16)19-10-11-23-15-20(19)25-13-12-24-21(25)18-4-2-1-3-5-18/h1-13,15H. The monoisotopic (exact) mass is 322 g/mol. The fourth-order valence-corrected chi connectivity index (χ4v) is 2.85. The van der Waals surface area contributed by atoms with Crippen LogP contribution in [0.2, 0.25) is 0 Å². The lowest BCUT2D eigenvalue weighted by Crippen LogP contribution is -1.99. The smallest absolute Gasteiger partial charge is 0.144 e. The lowest BCUT2D eigenvalue weighted by Gasteiger charge is -2.13. The van der Waals surface area contributed by atoms with Gasteiger partial charge in [0.05, 0.1) is 23.5 Å². The molecule has 118 valence electrons. The summed E-state index contributed by atoms with van der Waals surface area (Å²) in [6.45, 7) is 0. The number of rotatable bonds is 3. The SMILES string of the molecule is N#Cc1ccc(-c2ccncc2-n2ccnc2-c2ccccc2)cc1. The second-order valence-electron chi connectivity index (χ2n) is 5.57. The first-order valence-electron chi connectivity index (χ1n) is 7.90. The minimum atomic E-state index is 0.645. The van der Waals surface area contributed by atoms with E-state index in [-0.39, 0.29) is 0 Å². The molecule has 0 unspecified atom stereocenters. The molecule has 4 rings (SSSR count). The van der Waals surface area contributed by atoms with Gasteiger partial charge in [0, 0.05) is 29.7 Å². The normalized spacial score (nSPS) is 10.4. The number of aromatic nitrogens is 3. The first-order chi connectivity index (χ1) is 12.4. The molecule has 0 saturated carbocycles. The second-order valence-corrected chi connectivity index (χ2v) is 5.57. The zero-order chi connectivity index (χ0) is 17.1. The molecule has 0 aliphatic carbocycles. The quantitative estimate of drug-likeness (QED) is 0.559. The van der Waals surface area contributed by atoms with E-state index in [2.05, 4.69) is 16.0 Å². The number of nitrogens with zero attached hydrogens (tertiary/aromatic N) is 4. The molecule has 0 aliphatic heterocycles. The lowest BCUT2D eigenvalue weighted by molar-refractivity contribution is 1.05. The van der Waals surface area contributed by atoms with E-state index >= 15 is 0 Å². The van der Waals surface area contributed by atoms with E-state index in [0.717, 1.165) is 28.2 Å². The Hall–Kier alpha value is -3.71. The average molecular weight is 322 g/mol. The predicted molar refractivity (Wildman–Crippen MR) is 96.9 cm³/mol. The summed E-state index contributed by atoms with van der Waals surface area (Å²) >= 11 is 0. The van der Waals surface area contributed by atoms with Crippen molar-refractivity contribution < 1.29 is 0 Å². The number of nitriles is 1. The summed E-state index contributed by atoms with van der Waals surface area (Å²) in [6, 6.07) is 21.8. The van der Waals surface area contributed by atoms with Crippen LogP contribution in [0.5, 0.6) is 0 Å². The van der Waals surface area contributed by atoms with E-state index < -0.39 is 0 Å². The van der Waals surface area contributed by atoms with Crippen LogP contribution in [-0.4, -0.2) is 14.5 Å². The first-order valence-corrected chi connectivity index (χ1v) is 7.90. The van der Waals surface area contributed by atoms with Crippen LogP contribution in [0.3, 0.4) is 0 Å². The van der Waals surface area contributed by atoms with Gasteiger partial charge in [0.1, 0.15) is 5.82 Å². The predicted octanol–water partition coefficient (Wildman–Crippen LogP) is 4.47. The molecule has 0 N–H and O–H groups in total. The van der Waals surface area contributed by atoms with E-state index in [1.54, 1.807) is 12.4 Å². The van der Waals surface area contributed by atoms with E-state index in [0.29, 0.717) is 5.56 Å². The third-order valence-electron chi connectivity index (χ3n) is 4.06. The molecule has 0 saturated heterocycles. The van der Waals surface area contributed by atoms with Crippen molar-refractivity contribution in [1.29, 1.82) is 5.26 Å². The van der Waals surface area contributed by atoms with Crippen molar-refractivity contribution >= 4 is 0 Å². The number of imidazole rings is 1. The van der Waals surface area contributed by atoms with Gasteiger partial charge in [-0.2, -0.15) is 5.26 Å². The zero-order valence-corrected chi connectivity index (χ0v) is 13.4. The number of pyridine rings is 1. The lowest BCUT2D eigenvalue weighted by atomic mass is 10.0. The summed E-state index contributed by atoms with van der Waals surface area (Å²) in [5.41, 5.74) is 4.71. The fraction of sp³-hybridized carbons (Fsp3) is 0. The highest BCUT2D eigenvalue weighted by molar-refractivity contribution is 5.74. The van der Waals surface area contributed by atoms with Gasteiger partial charge in [-0.3, -0.25) is 9.55 Å². The van der Waals surface area contributed by atoms with Crippen molar-refractivity contribution in [2.45, 2.75) is 0 Å². The molecule has 0 radical (unpaired) electrons. The molecule has 4 aromatic rings. The van der Waals surface area contributed by atoms with Crippen molar-refractivity contribution in [3.63, 3.8) is 0 Å². The van der Waals surface area contributed by atoms with Crippen molar-refractivity contribution in [1.82, 2.24) is 14.5 Å². The maximum atomic E-state index is 8.99. The van der Waals surface area contributed by atoms with E-state index in [1.807, 2.05) is 77.6 Å². The van der Waals surface area contributed by atoms with E-state index in [9.17, 15) is 0 Å². The third kappa shape index (κ3) is 2.79. The van der Waals surface area contributed by atoms with Gasteiger partial charge in [0.15, 0.2) is 0 Å². The van der Waals surface area contributed by atoms with Crippen molar-refractivity contribution in [2.24, 2.45) is 0 Å². The molecule has 2 heterocycles. The highest BCUT2D eigenvalue weighted by Crippen LogP contribution is 2.29. The molecule has 0 atom stereocenters. The topological polar surface area (TPSA) is 54.5 Å². The summed E-state index contributed by atoms with van der Waals surface area (Å²) in [4.78, 5) is 8.81. The van der Waals surface area contributed by atoms with Crippen LogP contribution >= 0.6 is 0 Å². The maximum absolute atomic E-state index is 8.99. The van der Waals surface area contributed by atoms with Gasteiger partial charge in [-0.05, 0) is 23.8 Å². The highest BCUT2D eigenvalue weighted by atomic mass is 15.1. The summed E-state index contributed by atoms with van der Waals surface area (Å²) < 4.78 is 2.04. The molecule has 25 heavy (non-hydrogen) atoms. The maximum Gasteiger partial charge on any atom is 0.144 e. The first kappa shape index (κ1) is 14.9. The van der Waals surface area contributed by atoms with Gasteiger partial charge >= 0.3 is 0 Å². The molecule has 0 aliphatic rings. The minimum Gasteiger partial charge on any atom is -0.298 e. The Kier molecular flexibility index (Phi) is 3.82. The van der Waals surface area contributed by atoms with Gasteiger partial charge < -0.3 is 0 Å². The Balaban J connectivity index is 1.86. The van der Waals surface area contributed by atoms with Crippen LogP contribution < -0.4 is 0 Å². The Morgan fingerprint density at radius 3 is 2.40 bits per heavy atom. The van der Waals surface area contributed by atoms with Gasteiger partial charge in [-0.1, -0.05) is 42.5 Å². The van der Waals surface area contributed by atoms with Crippen LogP contribution in [-0.2, 0) is 0 Å². The third-order valence-corrected chi connectivity index (χ3v) is 4.06. The number of hydrogen-bond donors (Lipinski definition) is 0. The summed E-state index contributed by atoms with van der Waals surface area (Å²) in [5.74, 6) is 0.864. The Labute approximate surface area is 145 Å². The summed E-state index contributed by atoms with van der Waals surface area (Å²) in [6.07, 6.45) is 7.34. The summed E-state index contributed by atoms with van der Waals surface area (Å²) in [7, 11) is 0. The number of hydrogen-bond acceptors (Lipinski definition) is 3. The van der Waals surface area contributed by atoms with E-state index in [4.69, 9.17) is 5.26 Å². The van der Waals surface area contributed by atoms with Gasteiger partial charge in [-0.15, -0.1) is 0 Å². The molecule has 2 aromatic heterocycles. The molecule has 0 spiro atoms. The van der Waals surface area contributed by atoms with Gasteiger partial charge in [0.25, 0.3) is 0 Å². The van der Waals surface area contributed by atoms with Crippen LogP contribution in [0.25, 0.3) is 28.2 Å². The van der Waals surface area contributed by atoms with Crippen LogP contribution in [0.1, 0.15) is 5.56 Å². The largest absolute Gasteiger partial charge is 0.298 e. The Morgan fingerprint density at radius 2 is 1.64 bits per heavy atom. The average Bonchev–Trinajstić information content (AvgIpc) is 3.18. The molecular weight excluding hydrogens is 308 g/mol. The van der Waals surface area contributed by atoms with Crippen LogP contribution in [0, 0.1) is 11.3 Å². The van der Waals surface area contributed by atoms with Gasteiger partial charge in [0.2, 0.25) is 0 Å². The van der Waals surface area contributed by atoms with Crippen molar-refractivity contribution in [2.75, 3.05) is 0 Å². The molecule has 0 bridgehead atoms. The number of benzene rings is 2. The molecule has 0 fully saturated rings. The Bertz CT molecular complexity index is 1040. The molecule has 2 aromatic carbocycles. The van der Waals surface area contributed by atoms with Gasteiger partial charge in [-0.25, -0.2) is 4.98 Å². The minimum absolute atomic E-state index is 0.645. The molecular formula is C21H14N4. The van der Waals surface area contributed by atoms with Crippen LogP contribution in [0.15, 0.2) is 85.5 Å². The molecule has 4 nitrogen and oxygen atoms in total.